The minimum Gasteiger partial charge on any atom is -0.309 e. The Bertz CT molecular complexity index is 608. The highest BCUT2D eigenvalue weighted by Crippen LogP contribution is 2.25. The summed E-state index contributed by atoms with van der Waals surface area (Å²) in [6.07, 6.45) is 0. The summed E-state index contributed by atoms with van der Waals surface area (Å²) in [6, 6.07) is 1.35. The Labute approximate surface area is 145 Å². The molecule has 23 heavy (non-hydrogen) atoms. The van der Waals surface area contributed by atoms with E-state index >= 15 is 0 Å². The second-order valence-corrected chi connectivity index (χ2v) is 9.76. The van der Waals surface area contributed by atoms with Crippen molar-refractivity contribution in [2.75, 3.05) is 5.32 Å². The first kappa shape index (κ1) is 20.0. The van der Waals surface area contributed by atoms with Gasteiger partial charge in [-0.25, -0.2) is 8.93 Å². The number of hydrogen-bond acceptors (Lipinski definition) is 4. The first-order valence-electron chi connectivity index (χ1n) is 7.35. The Balaban J connectivity index is 2.97. The van der Waals surface area contributed by atoms with Crippen LogP contribution in [-0.2, 0) is 15.8 Å². The van der Waals surface area contributed by atoms with E-state index in [-0.39, 0.29) is 17.1 Å². The molecule has 6 nitrogen and oxygen atoms in total. The molecule has 0 aliphatic rings. The fraction of sp³-hybridized carbons (Fsp3) is 0.667. The van der Waals surface area contributed by atoms with Crippen molar-refractivity contribution in [2.24, 2.45) is 5.41 Å². The molecule has 0 saturated carbocycles. The number of rotatable bonds is 4. The largest absolute Gasteiger partial charge is 0.309 e. The molecular weight excluding hydrogens is 336 g/mol. The average molecular weight is 361 g/mol. The third kappa shape index (κ3) is 5.82. The molecule has 1 aromatic rings. The van der Waals surface area contributed by atoms with Gasteiger partial charge in [-0.3, -0.25) is 4.79 Å². The molecular formula is C15H25ClN4O2S. The van der Waals surface area contributed by atoms with Crippen LogP contribution >= 0.6 is 11.6 Å². The third-order valence-electron chi connectivity index (χ3n) is 3.01. The summed E-state index contributed by atoms with van der Waals surface area (Å²) in [5.41, 5.74) is 0.0856. The van der Waals surface area contributed by atoms with Crippen molar-refractivity contribution in [1.29, 1.82) is 0 Å². The van der Waals surface area contributed by atoms with E-state index in [9.17, 15) is 9.00 Å². The van der Waals surface area contributed by atoms with Crippen LogP contribution in [0.2, 0.25) is 5.15 Å². The van der Waals surface area contributed by atoms with Crippen molar-refractivity contribution in [3.8, 4) is 0 Å². The molecule has 0 spiro atoms. The van der Waals surface area contributed by atoms with Crippen LogP contribution in [0.25, 0.3) is 0 Å². The fourth-order valence-electron chi connectivity index (χ4n) is 1.46. The van der Waals surface area contributed by atoms with E-state index in [2.05, 4.69) is 20.2 Å². The normalized spacial score (nSPS) is 15.1. The number of halogens is 1. The van der Waals surface area contributed by atoms with E-state index in [0.717, 1.165) is 0 Å². The predicted octanol–water partition coefficient (Wildman–Crippen LogP) is 3.23. The number of nitrogens with zero attached hydrogens (tertiary/aromatic N) is 2. The molecule has 0 aromatic carbocycles. The molecule has 1 rings (SSSR count). The van der Waals surface area contributed by atoms with Crippen molar-refractivity contribution in [3.63, 3.8) is 0 Å². The van der Waals surface area contributed by atoms with Crippen molar-refractivity contribution < 1.29 is 9.00 Å². The third-order valence-corrected chi connectivity index (χ3v) is 4.98. The van der Waals surface area contributed by atoms with Gasteiger partial charge in [0, 0.05) is 17.0 Å². The second-order valence-electron chi connectivity index (χ2n) is 7.40. The van der Waals surface area contributed by atoms with E-state index in [1.54, 1.807) is 6.07 Å². The maximum atomic E-state index is 12.2. The topological polar surface area (TPSA) is 84.0 Å². The lowest BCUT2D eigenvalue weighted by Crippen LogP contribution is -2.35. The van der Waals surface area contributed by atoms with Gasteiger partial charge in [0.2, 0.25) is 5.91 Å². The van der Waals surface area contributed by atoms with E-state index in [4.69, 9.17) is 11.6 Å². The SMILES string of the molecule is C[C@H](NS(=O)C(C)(C)C)c1cc(NC(=O)C(C)(C)C)nnc1Cl. The summed E-state index contributed by atoms with van der Waals surface area (Å²) in [7, 11) is -1.25. The van der Waals surface area contributed by atoms with Crippen LogP contribution < -0.4 is 10.0 Å². The predicted molar refractivity (Wildman–Crippen MR) is 94.6 cm³/mol. The first-order chi connectivity index (χ1) is 10.3. The molecule has 0 saturated heterocycles. The van der Waals surface area contributed by atoms with Gasteiger partial charge in [-0.1, -0.05) is 32.4 Å². The molecule has 1 heterocycles. The Hall–Kier alpha value is -1.05. The zero-order chi connectivity index (χ0) is 18.0. The molecule has 1 amide bonds. The van der Waals surface area contributed by atoms with E-state index in [0.29, 0.717) is 11.4 Å². The number of anilines is 1. The molecule has 130 valence electrons. The number of hydrogen-bond donors (Lipinski definition) is 2. The Morgan fingerprint density at radius 1 is 1.22 bits per heavy atom. The summed E-state index contributed by atoms with van der Waals surface area (Å²) in [5.74, 6) is 0.151. The van der Waals surface area contributed by atoms with E-state index in [1.807, 2.05) is 48.5 Å². The van der Waals surface area contributed by atoms with Gasteiger partial charge in [-0.15, -0.1) is 10.2 Å². The maximum Gasteiger partial charge on any atom is 0.230 e. The Morgan fingerprint density at radius 2 is 1.78 bits per heavy atom. The fourth-order valence-corrected chi connectivity index (χ4v) is 2.52. The average Bonchev–Trinajstić information content (AvgIpc) is 2.38. The Kier molecular flexibility index (Phi) is 6.29. The van der Waals surface area contributed by atoms with Crippen LogP contribution in [-0.4, -0.2) is 25.1 Å². The highest BCUT2D eigenvalue weighted by atomic mass is 35.5. The lowest BCUT2D eigenvalue weighted by atomic mass is 9.96. The number of carbonyl (C=O) groups is 1. The maximum absolute atomic E-state index is 12.2. The van der Waals surface area contributed by atoms with Gasteiger partial charge in [0.15, 0.2) is 11.0 Å². The van der Waals surface area contributed by atoms with Gasteiger partial charge in [0.1, 0.15) is 0 Å². The molecule has 0 bridgehead atoms. The van der Waals surface area contributed by atoms with Crippen LogP contribution in [0.3, 0.4) is 0 Å². The second kappa shape index (κ2) is 7.23. The minimum absolute atomic E-state index is 0.168. The number of nitrogens with one attached hydrogen (secondary N) is 2. The number of amides is 1. The Morgan fingerprint density at radius 3 is 2.26 bits per heavy atom. The molecule has 2 N–H and O–H groups in total. The molecule has 0 radical (unpaired) electrons. The smallest absolute Gasteiger partial charge is 0.230 e. The van der Waals surface area contributed by atoms with E-state index < -0.39 is 21.1 Å². The highest BCUT2D eigenvalue weighted by Gasteiger charge is 2.25. The monoisotopic (exact) mass is 360 g/mol. The van der Waals surface area contributed by atoms with Gasteiger partial charge >= 0.3 is 0 Å². The standard InChI is InChI=1S/C15H25ClN4O2S/c1-9(20-23(22)15(5,6)7)10-8-11(18-19-12(10)16)17-13(21)14(2,3)4/h8-9,20H,1-7H3,(H,17,18,21)/t9-,23?/m0/s1. The van der Waals surface area contributed by atoms with E-state index in [1.165, 1.54) is 0 Å². The number of carbonyl (C=O) groups excluding carboxylic acids is 1. The summed E-state index contributed by atoms with van der Waals surface area (Å²) in [6.45, 7) is 12.9. The van der Waals surface area contributed by atoms with Gasteiger partial charge in [0.25, 0.3) is 0 Å². The zero-order valence-corrected chi connectivity index (χ0v) is 16.2. The van der Waals surface area contributed by atoms with Crippen molar-refractivity contribution in [2.45, 2.75) is 59.3 Å². The molecule has 8 heteroatoms. The van der Waals surface area contributed by atoms with Crippen molar-refractivity contribution >= 4 is 34.3 Å². The van der Waals surface area contributed by atoms with Crippen LogP contribution in [0.1, 0.15) is 60.1 Å². The van der Waals surface area contributed by atoms with Crippen LogP contribution in [0.4, 0.5) is 5.82 Å². The quantitative estimate of drug-likeness (QED) is 0.863. The summed E-state index contributed by atoms with van der Waals surface area (Å²) in [5, 5.41) is 10.7. The lowest BCUT2D eigenvalue weighted by molar-refractivity contribution is -0.123. The summed E-state index contributed by atoms with van der Waals surface area (Å²) < 4.78 is 14.8. The lowest BCUT2D eigenvalue weighted by Gasteiger charge is -2.23. The van der Waals surface area contributed by atoms with Gasteiger partial charge in [-0.2, -0.15) is 0 Å². The van der Waals surface area contributed by atoms with Gasteiger partial charge < -0.3 is 5.32 Å². The van der Waals surface area contributed by atoms with Crippen molar-refractivity contribution in [1.82, 2.24) is 14.9 Å². The molecule has 0 aliphatic heterocycles. The van der Waals surface area contributed by atoms with Crippen molar-refractivity contribution in [3.05, 3.63) is 16.8 Å². The molecule has 0 fully saturated rings. The van der Waals surface area contributed by atoms with Gasteiger partial charge in [0.05, 0.1) is 15.7 Å². The first-order valence-corrected chi connectivity index (χ1v) is 8.88. The minimum atomic E-state index is -1.25. The highest BCUT2D eigenvalue weighted by molar-refractivity contribution is 7.84. The van der Waals surface area contributed by atoms with Crippen LogP contribution in [0.15, 0.2) is 6.07 Å². The molecule has 1 unspecified atom stereocenters. The molecule has 1 aromatic heterocycles. The molecule has 2 atom stereocenters. The molecule has 0 aliphatic carbocycles. The van der Waals surface area contributed by atoms with Crippen LogP contribution in [0, 0.1) is 5.41 Å². The summed E-state index contributed by atoms with van der Waals surface area (Å²) >= 11 is 6.09. The van der Waals surface area contributed by atoms with Gasteiger partial charge in [-0.05, 0) is 33.8 Å². The van der Waals surface area contributed by atoms with Crippen LogP contribution in [0.5, 0.6) is 0 Å². The number of aromatic nitrogens is 2. The zero-order valence-electron chi connectivity index (χ0n) is 14.7. The summed E-state index contributed by atoms with van der Waals surface area (Å²) in [4.78, 5) is 12.0.